The van der Waals surface area contributed by atoms with E-state index < -0.39 is 0 Å². The van der Waals surface area contributed by atoms with Gasteiger partial charge in [0, 0.05) is 36.6 Å². The Morgan fingerprint density at radius 2 is 2.22 bits per heavy atom. The van der Waals surface area contributed by atoms with E-state index in [0.717, 1.165) is 16.8 Å². The maximum absolute atomic E-state index is 9.64. The molecule has 23 heavy (non-hydrogen) atoms. The first-order chi connectivity index (χ1) is 11.2. The molecule has 0 saturated carbocycles. The van der Waals surface area contributed by atoms with Crippen molar-refractivity contribution in [1.82, 2.24) is 19.4 Å². The number of rotatable bonds is 3. The van der Waals surface area contributed by atoms with E-state index in [4.69, 9.17) is 17.3 Å². The van der Waals surface area contributed by atoms with E-state index in [9.17, 15) is 5.11 Å². The van der Waals surface area contributed by atoms with Crippen LogP contribution in [-0.4, -0.2) is 37.6 Å². The summed E-state index contributed by atoms with van der Waals surface area (Å²) in [5, 5.41) is 9.95. The Labute approximate surface area is 137 Å². The molecule has 7 nitrogen and oxygen atoms in total. The summed E-state index contributed by atoms with van der Waals surface area (Å²) >= 11 is 6.21. The molecule has 1 aliphatic heterocycles. The Morgan fingerprint density at radius 1 is 1.35 bits per heavy atom. The molecule has 8 heteroatoms. The van der Waals surface area contributed by atoms with Gasteiger partial charge in [0.05, 0.1) is 24.4 Å². The lowest BCUT2D eigenvalue weighted by Crippen LogP contribution is -2.24. The lowest BCUT2D eigenvalue weighted by Gasteiger charge is -2.19. The normalized spacial score (nSPS) is 17.0. The third-order valence-electron chi connectivity index (χ3n) is 4.14. The van der Waals surface area contributed by atoms with Crippen LogP contribution in [0.15, 0.2) is 30.7 Å². The summed E-state index contributed by atoms with van der Waals surface area (Å²) in [6, 6.07) is 4.00. The Kier molecular flexibility index (Phi) is 3.32. The van der Waals surface area contributed by atoms with Crippen molar-refractivity contribution in [3.05, 3.63) is 47.1 Å². The number of nitrogens with zero attached hydrogens (tertiary/aromatic N) is 5. The number of aromatic nitrogens is 4. The molecular weight excluding hydrogens is 316 g/mol. The standard InChI is InChI=1S/C15H15ClN6O/c16-13-12-9(8-23)6-22(14(12)20-15(17)19-13)7-10-11-2-1-4-21(11)5-3-18-10/h1-5,9,23H,6-8H2,(H2,17,19,20). The van der Waals surface area contributed by atoms with Crippen LogP contribution in [0.3, 0.4) is 0 Å². The van der Waals surface area contributed by atoms with E-state index in [-0.39, 0.29) is 18.5 Å². The van der Waals surface area contributed by atoms with Gasteiger partial charge in [0.2, 0.25) is 5.95 Å². The molecule has 4 rings (SSSR count). The van der Waals surface area contributed by atoms with Crippen molar-refractivity contribution in [2.45, 2.75) is 12.5 Å². The van der Waals surface area contributed by atoms with Gasteiger partial charge in [-0.2, -0.15) is 4.98 Å². The van der Waals surface area contributed by atoms with Crippen molar-refractivity contribution in [2.24, 2.45) is 0 Å². The lowest BCUT2D eigenvalue weighted by atomic mass is 10.1. The van der Waals surface area contributed by atoms with Crippen LogP contribution in [0, 0.1) is 0 Å². The fourth-order valence-corrected chi connectivity index (χ4v) is 3.43. The molecule has 0 aliphatic carbocycles. The lowest BCUT2D eigenvalue weighted by molar-refractivity contribution is 0.270. The number of aliphatic hydroxyl groups is 1. The minimum Gasteiger partial charge on any atom is -0.396 e. The highest BCUT2D eigenvalue weighted by Crippen LogP contribution is 2.39. The van der Waals surface area contributed by atoms with E-state index in [1.54, 1.807) is 6.20 Å². The molecule has 0 fully saturated rings. The van der Waals surface area contributed by atoms with Crippen molar-refractivity contribution < 1.29 is 5.11 Å². The Bertz CT molecular complexity index is 880. The average Bonchev–Trinajstić information content (AvgIpc) is 3.13. The number of aliphatic hydroxyl groups excluding tert-OH is 1. The minimum absolute atomic E-state index is 0.0146. The molecule has 3 aromatic heterocycles. The second kappa shape index (κ2) is 5.36. The first-order valence-electron chi connectivity index (χ1n) is 7.26. The SMILES string of the molecule is Nc1nc(Cl)c2c(n1)N(Cc1nccn3cccc13)CC2CO. The van der Waals surface area contributed by atoms with Crippen molar-refractivity contribution in [2.75, 3.05) is 23.8 Å². The van der Waals surface area contributed by atoms with Gasteiger partial charge < -0.3 is 20.1 Å². The molecule has 1 atom stereocenters. The molecule has 1 unspecified atom stereocenters. The van der Waals surface area contributed by atoms with Crippen LogP contribution < -0.4 is 10.6 Å². The van der Waals surface area contributed by atoms with Crippen LogP contribution in [0.1, 0.15) is 17.2 Å². The fraction of sp³-hybridized carbons (Fsp3) is 0.267. The summed E-state index contributed by atoms with van der Waals surface area (Å²) in [5.74, 6) is 0.688. The molecule has 1 aliphatic rings. The van der Waals surface area contributed by atoms with Crippen LogP contribution in [0.25, 0.3) is 5.52 Å². The van der Waals surface area contributed by atoms with Crippen molar-refractivity contribution in [3.8, 4) is 0 Å². The first-order valence-corrected chi connectivity index (χ1v) is 7.64. The third kappa shape index (κ3) is 2.29. The quantitative estimate of drug-likeness (QED) is 0.706. The van der Waals surface area contributed by atoms with Gasteiger partial charge in [-0.3, -0.25) is 4.98 Å². The molecule has 3 aromatic rings. The maximum Gasteiger partial charge on any atom is 0.223 e. The van der Waals surface area contributed by atoms with Gasteiger partial charge in [-0.25, -0.2) is 4.98 Å². The largest absolute Gasteiger partial charge is 0.396 e. The number of nitrogen functional groups attached to an aromatic ring is 1. The summed E-state index contributed by atoms with van der Waals surface area (Å²) < 4.78 is 2.02. The fourth-order valence-electron chi connectivity index (χ4n) is 3.10. The number of nitrogens with two attached hydrogens (primary N) is 1. The zero-order chi connectivity index (χ0) is 16.0. The second-order valence-electron chi connectivity index (χ2n) is 5.54. The van der Waals surface area contributed by atoms with Crippen LogP contribution in [0.4, 0.5) is 11.8 Å². The highest BCUT2D eigenvalue weighted by atomic mass is 35.5. The number of hydrogen-bond donors (Lipinski definition) is 2. The van der Waals surface area contributed by atoms with Gasteiger partial charge in [-0.1, -0.05) is 11.6 Å². The van der Waals surface area contributed by atoms with Crippen LogP contribution >= 0.6 is 11.6 Å². The Balaban J connectivity index is 1.76. The first kappa shape index (κ1) is 14.2. The second-order valence-corrected chi connectivity index (χ2v) is 5.90. The highest BCUT2D eigenvalue weighted by molar-refractivity contribution is 6.30. The molecule has 0 amide bonds. The van der Waals surface area contributed by atoms with Gasteiger partial charge in [0.1, 0.15) is 11.0 Å². The number of anilines is 2. The Hall–Kier alpha value is -2.38. The summed E-state index contributed by atoms with van der Waals surface area (Å²) in [4.78, 5) is 14.8. The monoisotopic (exact) mass is 330 g/mol. The van der Waals surface area contributed by atoms with Crippen molar-refractivity contribution >= 4 is 28.9 Å². The van der Waals surface area contributed by atoms with E-state index >= 15 is 0 Å². The zero-order valence-corrected chi connectivity index (χ0v) is 13.0. The predicted molar refractivity (Wildman–Crippen MR) is 87.5 cm³/mol. The van der Waals surface area contributed by atoms with E-state index in [1.165, 1.54) is 0 Å². The molecular formula is C15H15ClN6O. The van der Waals surface area contributed by atoms with Crippen LogP contribution in [-0.2, 0) is 6.54 Å². The minimum atomic E-state index is -0.121. The Morgan fingerprint density at radius 3 is 3.04 bits per heavy atom. The van der Waals surface area contributed by atoms with Crippen LogP contribution in [0.5, 0.6) is 0 Å². The van der Waals surface area contributed by atoms with E-state index in [0.29, 0.717) is 24.1 Å². The van der Waals surface area contributed by atoms with E-state index in [2.05, 4.69) is 15.0 Å². The van der Waals surface area contributed by atoms with Crippen LogP contribution in [0.2, 0.25) is 5.15 Å². The molecule has 0 bridgehead atoms. The summed E-state index contributed by atoms with van der Waals surface area (Å²) in [6.07, 6.45) is 5.65. The average molecular weight is 331 g/mol. The number of halogens is 1. The molecule has 3 N–H and O–H groups in total. The maximum atomic E-state index is 9.64. The van der Waals surface area contributed by atoms with Gasteiger partial charge >= 0.3 is 0 Å². The van der Waals surface area contributed by atoms with Gasteiger partial charge in [0.15, 0.2) is 0 Å². The molecule has 118 valence electrons. The summed E-state index contributed by atoms with van der Waals surface area (Å²) in [5.41, 5.74) is 8.45. The molecule has 0 aromatic carbocycles. The molecule has 0 saturated heterocycles. The number of hydrogen-bond acceptors (Lipinski definition) is 6. The van der Waals surface area contributed by atoms with Gasteiger partial charge in [-0.05, 0) is 12.1 Å². The molecule has 0 spiro atoms. The topological polar surface area (TPSA) is 92.6 Å². The number of fused-ring (bicyclic) bond motifs is 2. The third-order valence-corrected chi connectivity index (χ3v) is 4.43. The summed E-state index contributed by atoms with van der Waals surface area (Å²) in [6.45, 7) is 1.15. The smallest absolute Gasteiger partial charge is 0.223 e. The molecule has 0 radical (unpaired) electrons. The summed E-state index contributed by atoms with van der Waals surface area (Å²) in [7, 11) is 0. The molecule has 4 heterocycles. The highest BCUT2D eigenvalue weighted by Gasteiger charge is 2.33. The van der Waals surface area contributed by atoms with Gasteiger partial charge in [0.25, 0.3) is 0 Å². The van der Waals surface area contributed by atoms with Crippen molar-refractivity contribution in [1.29, 1.82) is 0 Å². The van der Waals surface area contributed by atoms with E-state index in [1.807, 2.05) is 33.8 Å². The van der Waals surface area contributed by atoms with Gasteiger partial charge in [-0.15, -0.1) is 0 Å². The van der Waals surface area contributed by atoms with Crippen molar-refractivity contribution in [3.63, 3.8) is 0 Å². The predicted octanol–water partition coefficient (Wildman–Crippen LogP) is 1.46. The zero-order valence-electron chi connectivity index (χ0n) is 12.2.